The number of carbonyl (C=O) groups is 1. The van der Waals surface area contributed by atoms with Crippen LogP contribution in [0, 0.1) is 0 Å². The number of unbranched alkanes of at least 4 members (excludes halogenated alkanes) is 1. The van der Waals surface area contributed by atoms with E-state index >= 15 is 0 Å². The van der Waals surface area contributed by atoms with Crippen LogP contribution in [0.15, 0.2) is 18.2 Å². The Morgan fingerprint density at radius 2 is 2.13 bits per heavy atom. The lowest BCUT2D eigenvalue weighted by Gasteiger charge is -2.07. The van der Waals surface area contributed by atoms with E-state index in [1.54, 1.807) is 18.2 Å². The maximum atomic E-state index is 10.5. The Morgan fingerprint density at radius 3 is 2.73 bits per heavy atom. The highest BCUT2D eigenvalue weighted by atomic mass is 35.5. The van der Waals surface area contributed by atoms with E-state index < -0.39 is 0 Å². The molecule has 0 saturated carbocycles. The molecular formula is C11H12Cl2O2. The number of alkyl halides is 1. The maximum absolute atomic E-state index is 10.5. The van der Waals surface area contributed by atoms with E-state index in [2.05, 4.69) is 0 Å². The first-order valence-electron chi connectivity index (χ1n) is 4.71. The third-order valence-corrected chi connectivity index (χ3v) is 2.44. The second-order valence-corrected chi connectivity index (χ2v) is 3.84. The van der Waals surface area contributed by atoms with Crippen molar-refractivity contribution in [2.75, 3.05) is 12.5 Å². The molecule has 82 valence electrons. The summed E-state index contributed by atoms with van der Waals surface area (Å²) in [6.07, 6.45) is 2.57. The van der Waals surface area contributed by atoms with E-state index in [1.165, 1.54) is 0 Å². The summed E-state index contributed by atoms with van der Waals surface area (Å²) >= 11 is 11.4. The van der Waals surface area contributed by atoms with Crippen LogP contribution in [-0.2, 0) is 0 Å². The zero-order valence-electron chi connectivity index (χ0n) is 8.21. The summed E-state index contributed by atoms with van der Waals surface area (Å²) in [6.45, 7) is 0.590. The van der Waals surface area contributed by atoms with Gasteiger partial charge in [0.05, 0.1) is 11.6 Å². The van der Waals surface area contributed by atoms with E-state index in [0.717, 1.165) is 19.1 Å². The van der Waals surface area contributed by atoms with E-state index in [0.29, 0.717) is 28.8 Å². The van der Waals surface area contributed by atoms with Gasteiger partial charge in [-0.05, 0) is 31.0 Å². The zero-order chi connectivity index (χ0) is 11.1. The Balaban J connectivity index is 2.50. The van der Waals surface area contributed by atoms with Crippen molar-refractivity contribution in [3.8, 4) is 5.75 Å². The number of aldehydes is 1. The zero-order valence-corrected chi connectivity index (χ0v) is 9.72. The first-order valence-corrected chi connectivity index (χ1v) is 5.62. The van der Waals surface area contributed by atoms with Crippen molar-refractivity contribution in [1.29, 1.82) is 0 Å². The van der Waals surface area contributed by atoms with Gasteiger partial charge in [0.1, 0.15) is 12.0 Å². The molecule has 1 rings (SSSR count). The highest BCUT2D eigenvalue weighted by molar-refractivity contribution is 6.32. The van der Waals surface area contributed by atoms with Gasteiger partial charge in [-0.15, -0.1) is 11.6 Å². The van der Waals surface area contributed by atoms with Gasteiger partial charge in [0, 0.05) is 11.4 Å². The van der Waals surface area contributed by atoms with Crippen LogP contribution in [0.25, 0.3) is 0 Å². The largest absolute Gasteiger partial charge is 0.492 e. The topological polar surface area (TPSA) is 26.3 Å². The van der Waals surface area contributed by atoms with Crippen LogP contribution in [0.1, 0.15) is 23.2 Å². The van der Waals surface area contributed by atoms with Crippen LogP contribution in [0.5, 0.6) is 5.75 Å². The fourth-order valence-corrected chi connectivity index (χ4v) is 1.52. The molecule has 0 aliphatic rings. The molecule has 0 fully saturated rings. The normalized spacial score (nSPS) is 10.0. The third-order valence-electron chi connectivity index (χ3n) is 1.88. The monoisotopic (exact) mass is 246 g/mol. The first kappa shape index (κ1) is 12.3. The lowest BCUT2D eigenvalue weighted by molar-refractivity contribution is 0.112. The highest BCUT2D eigenvalue weighted by Crippen LogP contribution is 2.25. The van der Waals surface area contributed by atoms with Crippen LogP contribution in [-0.4, -0.2) is 18.8 Å². The summed E-state index contributed by atoms with van der Waals surface area (Å²) in [5, 5.41) is 0.463. The Bertz CT molecular complexity index is 326. The lowest BCUT2D eigenvalue weighted by atomic mass is 10.2. The van der Waals surface area contributed by atoms with Crippen molar-refractivity contribution >= 4 is 29.5 Å². The number of carbonyl (C=O) groups excluding carboxylic acids is 1. The van der Waals surface area contributed by atoms with Gasteiger partial charge in [-0.1, -0.05) is 11.6 Å². The van der Waals surface area contributed by atoms with Crippen LogP contribution >= 0.6 is 23.2 Å². The smallest absolute Gasteiger partial charge is 0.150 e. The number of ether oxygens (including phenoxy) is 1. The van der Waals surface area contributed by atoms with Gasteiger partial charge in [-0.3, -0.25) is 4.79 Å². The van der Waals surface area contributed by atoms with Gasteiger partial charge in [0.2, 0.25) is 0 Å². The minimum atomic E-state index is 0.463. The number of rotatable bonds is 6. The van der Waals surface area contributed by atoms with Gasteiger partial charge in [-0.2, -0.15) is 0 Å². The SMILES string of the molecule is O=Cc1ccc(OCCCCCl)c(Cl)c1. The van der Waals surface area contributed by atoms with E-state index in [-0.39, 0.29) is 0 Å². The van der Waals surface area contributed by atoms with Gasteiger partial charge in [0.15, 0.2) is 0 Å². The van der Waals surface area contributed by atoms with Crippen molar-refractivity contribution in [3.05, 3.63) is 28.8 Å². The molecule has 0 bridgehead atoms. The number of halogens is 2. The molecule has 0 atom stereocenters. The van der Waals surface area contributed by atoms with Crippen molar-refractivity contribution in [2.24, 2.45) is 0 Å². The lowest BCUT2D eigenvalue weighted by Crippen LogP contribution is -1.98. The Hall–Kier alpha value is -0.730. The molecule has 1 aromatic rings. The summed E-state index contributed by atoms with van der Waals surface area (Å²) in [6, 6.07) is 4.97. The minimum absolute atomic E-state index is 0.463. The van der Waals surface area contributed by atoms with Gasteiger partial charge in [0.25, 0.3) is 0 Å². The molecule has 15 heavy (non-hydrogen) atoms. The summed E-state index contributed by atoms with van der Waals surface area (Å²) < 4.78 is 5.43. The fourth-order valence-electron chi connectivity index (χ4n) is 1.09. The predicted molar refractivity (Wildman–Crippen MR) is 62.3 cm³/mol. The van der Waals surface area contributed by atoms with Gasteiger partial charge < -0.3 is 4.74 Å². The summed E-state index contributed by atoms with van der Waals surface area (Å²) in [5.41, 5.74) is 0.549. The highest BCUT2D eigenvalue weighted by Gasteiger charge is 2.02. The van der Waals surface area contributed by atoms with Crippen molar-refractivity contribution in [2.45, 2.75) is 12.8 Å². The first-order chi connectivity index (χ1) is 7.27. The van der Waals surface area contributed by atoms with Crippen molar-refractivity contribution < 1.29 is 9.53 Å². The van der Waals surface area contributed by atoms with E-state index in [9.17, 15) is 4.79 Å². The fraction of sp³-hybridized carbons (Fsp3) is 0.364. The molecule has 0 unspecified atom stereocenters. The van der Waals surface area contributed by atoms with Crippen LogP contribution in [0.4, 0.5) is 0 Å². The minimum Gasteiger partial charge on any atom is -0.492 e. The molecule has 0 spiro atoms. The molecular weight excluding hydrogens is 235 g/mol. The average molecular weight is 247 g/mol. The van der Waals surface area contributed by atoms with Crippen LogP contribution in [0.2, 0.25) is 5.02 Å². The third kappa shape index (κ3) is 4.10. The van der Waals surface area contributed by atoms with Gasteiger partial charge in [-0.25, -0.2) is 0 Å². The molecule has 0 radical (unpaired) electrons. The number of hydrogen-bond donors (Lipinski definition) is 0. The Morgan fingerprint density at radius 1 is 1.33 bits per heavy atom. The predicted octanol–water partition coefficient (Wildman–Crippen LogP) is 3.55. The Labute approximate surface area is 99.1 Å². The summed E-state index contributed by atoms with van der Waals surface area (Å²) in [5.74, 6) is 1.25. The summed E-state index contributed by atoms with van der Waals surface area (Å²) in [4.78, 5) is 10.5. The molecule has 0 aliphatic heterocycles. The molecule has 0 heterocycles. The average Bonchev–Trinajstić information content (AvgIpc) is 2.26. The number of benzene rings is 1. The summed E-state index contributed by atoms with van der Waals surface area (Å²) in [7, 11) is 0. The van der Waals surface area contributed by atoms with E-state index in [1.807, 2.05) is 0 Å². The molecule has 0 amide bonds. The van der Waals surface area contributed by atoms with E-state index in [4.69, 9.17) is 27.9 Å². The standard InChI is InChI=1S/C11H12Cl2O2/c12-5-1-2-6-15-11-4-3-9(8-14)7-10(11)13/h3-4,7-8H,1-2,5-6H2. The second-order valence-electron chi connectivity index (χ2n) is 3.05. The van der Waals surface area contributed by atoms with Gasteiger partial charge >= 0.3 is 0 Å². The molecule has 2 nitrogen and oxygen atoms in total. The van der Waals surface area contributed by atoms with Crippen LogP contribution < -0.4 is 4.74 Å². The van der Waals surface area contributed by atoms with Crippen molar-refractivity contribution in [3.63, 3.8) is 0 Å². The molecule has 0 saturated heterocycles. The quantitative estimate of drug-likeness (QED) is 0.436. The second kappa shape index (κ2) is 6.70. The van der Waals surface area contributed by atoms with Crippen LogP contribution in [0.3, 0.4) is 0 Å². The van der Waals surface area contributed by atoms with Crippen molar-refractivity contribution in [1.82, 2.24) is 0 Å². The number of hydrogen-bond acceptors (Lipinski definition) is 2. The maximum Gasteiger partial charge on any atom is 0.150 e. The molecule has 0 N–H and O–H groups in total. The Kier molecular flexibility index (Phi) is 5.51. The molecule has 0 aromatic heterocycles. The molecule has 0 aliphatic carbocycles. The molecule has 4 heteroatoms. The molecule has 1 aromatic carbocycles.